The maximum atomic E-state index is 12.6. The monoisotopic (exact) mass is 322 g/mol. The molecule has 6 nitrogen and oxygen atoms in total. The van der Waals surface area contributed by atoms with E-state index >= 15 is 0 Å². The fourth-order valence-corrected chi connectivity index (χ4v) is 4.20. The first-order valence-corrected chi connectivity index (χ1v) is 9.13. The van der Waals surface area contributed by atoms with Gasteiger partial charge in [-0.3, -0.25) is 14.6 Å². The van der Waals surface area contributed by atoms with Gasteiger partial charge in [0.2, 0.25) is 0 Å². The second-order valence-corrected chi connectivity index (χ2v) is 7.60. The highest BCUT2D eigenvalue weighted by molar-refractivity contribution is 6.07. The smallest absolute Gasteiger partial charge is 0.322 e. The van der Waals surface area contributed by atoms with Gasteiger partial charge in [-0.1, -0.05) is 19.3 Å². The van der Waals surface area contributed by atoms with E-state index in [0.29, 0.717) is 12.6 Å². The van der Waals surface area contributed by atoms with E-state index in [1.807, 2.05) is 13.8 Å². The maximum Gasteiger partial charge on any atom is 0.325 e. The molecule has 0 aromatic carbocycles. The van der Waals surface area contributed by atoms with Crippen LogP contribution >= 0.6 is 0 Å². The molecule has 3 amide bonds. The Morgan fingerprint density at radius 2 is 2.00 bits per heavy atom. The Bertz CT molecular complexity index is 462. The van der Waals surface area contributed by atoms with Gasteiger partial charge in [0, 0.05) is 38.3 Å². The lowest BCUT2D eigenvalue weighted by molar-refractivity contribution is -0.132. The van der Waals surface area contributed by atoms with Crippen LogP contribution in [0.25, 0.3) is 0 Å². The SMILES string of the molecule is CC(C)N1C(=O)N[C@@]2(CCN(CCNC3CCCCC3)C2)C1=O. The minimum atomic E-state index is -0.674. The molecule has 23 heavy (non-hydrogen) atoms. The van der Waals surface area contributed by atoms with Crippen molar-refractivity contribution in [1.29, 1.82) is 0 Å². The molecule has 2 heterocycles. The Kier molecular flexibility index (Phi) is 4.92. The number of carbonyl (C=O) groups excluding carboxylic acids is 2. The van der Waals surface area contributed by atoms with Crippen LogP contribution < -0.4 is 10.6 Å². The van der Waals surface area contributed by atoms with Crippen LogP contribution in [0.2, 0.25) is 0 Å². The number of urea groups is 1. The summed E-state index contributed by atoms with van der Waals surface area (Å²) in [5, 5.41) is 6.61. The number of carbonyl (C=O) groups is 2. The summed E-state index contributed by atoms with van der Waals surface area (Å²) in [5.41, 5.74) is -0.674. The van der Waals surface area contributed by atoms with E-state index in [4.69, 9.17) is 0 Å². The summed E-state index contributed by atoms with van der Waals surface area (Å²) < 4.78 is 0. The van der Waals surface area contributed by atoms with Crippen LogP contribution in [0.15, 0.2) is 0 Å². The first kappa shape index (κ1) is 16.7. The van der Waals surface area contributed by atoms with Crippen LogP contribution in [0.5, 0.6) is 0 Å². The molecule has 0 aromatic rings. The van der Waals surface area contributed by atoms with Gasteiger partial charge in [-0.2, -0.15) is 0 Å². The van der Waals surface area contributed by atoms with Crippen molar-refractivity contribution in [2.75, 3.05) is 26.2 Å². The van der Waals surface area contributed by atoms with E-state index in [-0.39, 0.29) is 18.0 Å². The molecule has 0 unspecified atom stereocenters. The Morgan fingerprint density at radius 1 is 1.26 bits per heavy atom. The van der Waals surface area contributed by atoms with Crippen LogP contribution in [0, 0.1) is 0 Å². The first-order valence-electron chi connectivity index (χ1n) is 9.13. The summed E-state index contributed by atoms with van der Waals surface area (Å²) >= 11 is 0. The van der Waals surface area contributed by atoms with Gasteiger partial charge in [-0.15, -0.1) is 0 Å². The van der Waals surface area contributed by atoms with Crippen LogP contribution in [0.4, 0.5) is 4.79 Å². The third-order valence-electron chi connectivity index (χ3n) is 5.52. The highest BCUT2D eigenvalue weighted by Crippen LogP contribution is 2.29. The van der Waals surface area contributed by atoms with Gasteiger partial charge in [0.15, 0.2) is 0 Å². The second kappa shape index (κ2) is 6.77. The average molecular weight is 322 g/mol. The zero-order valence-corrected chi connectivity index (χ0v) is 14.4. The van der Waals surface area contributed by atoms with Gasteiger partial charge >= 0.3 is 6.03 Å². The molecule has 0 radical (unpaired) electrons. The van der Waals surface area contributed by atoms with Crippen molar-refractivity contribution in [1.82, 2.24) is 20.4 Å². The number of amides is 3. The lowest BCUT2D eigenvalue weighted by atomic mass is 9.95. The quantitative estimate of drug-likeness (QED) is 0.749. The molecule has 2 aliphatic heterocycles. The first-order chi connectivity index (χ1) is 11.0. The van der Waals surface area contributed by atoms with Gasteiger partial charge in [-0.25, -0.2) is 4.79 Å². The average Bonchev–Trinajstić information content (AvgIpc) is 3.02. The molecule has 0 aromatic heterocycles. The highest BCUT2D eigenvalue weighted by Gasteiger charge is 2.54. The number of imide groups is 1. The van der Waals surface area contributed by atoms with Crippen LogP contribution in [-0.2, 0) is 4.79 Å². The number of nitrogens with zero attached hydrogens (tertiary/aromatic N) is 2. The van der Waals surface area contributed by atoms with Crippen molar-refractivity contribution in [2.45, 2.75) is 70.0 Å². The van der Waals surface area contributed by atoms with E-state index in [2.05, 4.69) is 15.5 Å². The van der Waals surface area contributed by atoms with Gasteiger partial charge in [0.25, 0.3) is 5.91 Å². The van der Waals surface area contributed by atoms with Crippen LogP contribution in [0.1, 0.15) is 52.4 Å². The fraction of sp³-hybridized carbons (Fsp3) is 0.882. The van der Waals surface area contributed by atoms with Crippen LogP contribution in [0.3, 0.4) is 0 Å². The van der Waals surface area contributed by atoms with Crippen LogP contribution in [-0.4, -0.2) is 65.5 Å². The molecule has 3 aliphatic rings. The van der Waals surface area contributed by atoms with E-state index < -0.39 is 5.54 Å². The van der Waals surface area contributed by atoms with E-state index in [1.54, 1.807) is 0 Å². The predicted molar refractivity (Wildman–Crippen MR) is 89.2 cm³/mol. The molecule has 2 saturated heterocycles. The predicted octanol–water partition coefficient (Wildman–Crippen LogP) is 1.31. The third kappa shape index (κ3) is 3.38. The van der Waals surface area contributed by atoms with Crippen molar-refractivity contribution in [3.63, 3.8) is 0 Å². The lowest BCUT2D eigenvalue weighted by Crippen LogP contribution is -2.50. The molecule has 1 atom stereocenters. The Morgan fingerprint density at radius 3 is 2.65 bits per heavy atom. The summed E-state index contributed by atoms with van der Waals surface area (Å²) in [6.07, 6.45) is 7.38. The molecule has 1 aliphatic carbocycles. The molecule has 3 fully saturated rings. The standard InChI is InChI=1S/C17H30N4O2/c1-13(2)21-15(22)17(19-16(21)23)8-10-20(12-17)11-9-18-14-6-4-3-5-7-14/h13-14,18H,3-12H2,1-2H3,(H,19,23)/t17-/m1/s1. The van der Waals surface area contributed by atoms with E-state index in [9.17, 15) is 9.59 Å². The maximum absolute atomic E-state index is 12.6. The van der Waals surface area contributed by atoms with E-state index in [1.165, 1.54) is 37.0 Å². The zero-order chi connectivity index (χ0) is 16.4. The summed E-state index contributed by atoms with van der Waals surface area (Å²) in [7, 11) is 0. The van der Waals surface area contributed by atoms with E-state index in [0.717, 1.165) is 26.1 Å². The molecule has 1 spiro atoms. The molecular weight excluding hydrogens is 292 g/mol. The molecule has 0 bridgehead atoms. The Balaban J connectivity index is 1.48. The number of rotatable bonds is 5. The number of hydrogen-bond donors (Lipinski definition) is 2. The third-order valence-corrected chi connectivity index (χ3v) is 5.52. The lowest BCUT2D eigenvalue weighted by Gasteiger charge is -2.25. The van der Waals surface area contributed by atoms with Gasteiger partial charge in [0.05, 0.1) is 0 Å². The summed E-state index contributed by atoms with van der Waals surface area (Å²) in [5.74, 6) is -0.0414. The van der Waals surface area contributed by atoms with Gasteiger partial charge in [0.1, 0.15) is 5.54 Å². The van der Waals surface area contributed by atoms with Crippen molar-refractivity contribution >= 4 is 11.9 Å². The molecule has 2 N–H and O–H groups in total. The number of nitrogens with one attached hydrogen (secondary N) is 2. The van der Waals surface area contributed by atoms with Crippen molar-refractivity contribution in [3.8, 4) is 0 Å². The topological polar surface area (TPSA) is 64.7 Å². The summed E-state index contributed by atoms with van der Waals surface area (Å²) in [6.45, 7) is 7.21. The number of likely N-dealkylation sites (tertiary alicyclic amines) is 1. The second-order valence-electron chi connectivity index (χ2n) is 7.60. The van der Waals surface area contributed by atoms with Gasteiger partial charge in [-0.05, 0) is 33.1 Å². The fourth-order valence-electron chi connectivity index (χ4n) is 4.20. The zero-order valence-electron chi connectivity index (χ0n) is 14.4. The highest BCUT2D eigenvalue weighted by atomic mass is 16.2. The normalized spacial score (nSPS) is 30.0. The minimum Gasteiger partial charge on any atom is -0.322 e. The molecular formula is C17H30N4O2. The summed E-state index contributed by atoms with van der Waals surface area (Å²) in [4.78, 5) is 28.4. The van der Waals surface area contributed by atoms with Gasteiger partial charge < -0.3 is 10.6 Å². The minimum absolute atomic E-state index is 0.0414. The summed E-state index contributed by atoms with van der Waals surface area (Å²) in [6, 6.07) is 0.362. The molecule has 6 heteroatoms. The number of hydrogen-bond acceptors (Lipinski definition) is 4. The Labute approximate surface area is 139 Å². The van der Waals surface area contributed by atoms with Crippen molar-refractivity contribution < 1.29 is 9.59 Å². The largest absolute Gasteiger partial charge is 0.325 e. The Hall–Kier alpha value is -1.14. The molecule has 3 rings (SSSR count). The molecule has 1 saturated carbocycles. The molecule has 130 valence electrons. The van der Waals surface area contributed by atoms with Crippen molar-refractivity contribution in [2.24, 2.45) is 0 Å². The van der Waals surface area contributed by atoms with Crippen molar-refractivity contribution in [3.05, 3.63) is 0 Å².